The fraction of sp³-hybridized carbons (Fsp3) is 0.415. The number of rotatable bonds is 7. The molecule has 5 heterocycles. The third-order valence-corrected chi connectivity index (χ3v) is 12.0. The van der Waals surface area contributed by atoms with Gasteiger partial charge in [0.2, 0.25) is 11.8 Å². The van der Waals surface area contributed by atoms with E-state index in [0.29, 0.717) is 65.1 Å². The number of likely N-dealkylation sites (tertiary alicyclic amines) is 1. The summed E-state index contributed by atoms with van der Waals surface area (Å²) in [5.74, 6) is -0.601. The molecule has 3 saturated heterocycles. The monoisotopic (exact) mass is 748 g/mol. The van der Waals surface area contributed by atoms with E-state index >= 15 is 0 Å². The highest BCUT2D eigenvalue weighted by molar-refractivity contribution is 6.31. The number of carbonyl (C=O) groups is 5. The molecule has 0 aromatic heterocycles. The molecule has 1 unspecified atom stereocenters. The molecule has 8 rings (SSSR count). The summed E-state index contributed by atoms with van der Waals surface area (Å²) in [6.45, 7) is 7.39. The van der Waals surface area contributed by atoms with Gasteiger partial charge in [-0.1, -0.05) is 18.5 Å². The number of amides is 5. The van der Waals surface area contributed by atoms with E-state index in [0.717, 1.165) is 60.6 Å². The lowest BCUT2D eigenvalue weighted by Gasteiger charge is -2.37. The maximum absolute atomic E-state index is 13.5. The number of hydrogen-bond acceptors (Lipinski definition) is 9. The smallest absolute Gasteiger partial charge is 0.262 e. The number of nitrogens with one attached hydrogen (secondary N) is 1. The number of ether oxygens (including phenoxy) is 1. The minimum absolute atomic E-state index is 0.0177. The molecule has 0 saturated carbocycles. The van der Waals surface area contributed by atoms with Crippen molar-refractivity contribution in [2.75, 3.05) is 37.6 Å². The third kappa shape index (κ3) is 6.82. The molecule has 12 nitrogen and oxygen atoms in total. The van der Waals surface area contributed by atoms with E-state index in [1.54, 1.807) is 18.2 Å². The molecule has 5 amide bonds. The number of nitrogens with zero attached hydrogens (tertiary/aromatic N) is 5. The quantitative estimate of drug-likeness (QED) is 0.338. The first-order valence-corrected chi connectivity index (χ1v) is 19.0. The summed E-state index contributed by atoms with van der Waals surface area (Å²) in [6.07, 6.45) is 2.93. The van der Waals surface area contributed by atoms with Gasteiger partial charge in [-0.15, -0.1) is 0 Å². The van der Waals surface area contributed by atoms with Crippen LogP contribution in [0.25, 0.3) is 0 Å². The first kappa shape index (κ1) is 35.8. The van der Waals surface area contributed by atoms with E-state index < -0.39 is 23.8 Å². The molecule has 0 aliphatic carbocycles. The number of nitriles is 1. The number of benzene rings is 3. The Morgan fingerprint density at radius 1 is 0.907 bits per heavy atom. The maximum atomic E-state index is 13.5. The average molecular weight is 749 g/mol. The van der Waals surface area contributed by atoms with Gasteiger partial charge in [-0.3, -0.25) is 39.1 Å². The van der Waals surface area contributed by atoms with E-state index in [1.165, 1.54) is 0 Å². The number of halogens is 1. The molecule has 54 heavy (non-hydrogen) atoms. The normalized spacial score (nSPS) is 23.3. The Labute approximate surface area is 318 Å². The van der Waals surface area contributed by atoms with Crippen molar-refractivity contribution < 1.29 is 28.7 Å². The first-order valence-electron chi connectivity index (χ1n) is 18.7. The van der Waals surface area contributed by atoms with Crippen LogP contribution in [0.2, 0.25) is 5.02 Å². The highest BCUT2D eigenvalue weighted by Gasteiger charge is 2.45. The zero-order valence-electron chi connectivity index (χ0n) is 30.1. The van der Waals surface area contributed by atoms with Crippen LogP contribution in [0.4, 0.5) is 5.69 Å². The lowest BCUT2D eigenvalue weighted by molar-refractivity contribution is -0.136. The molecule has 1 N–H and O–H groups in total. The van der Waals surface area contributed by atoms with Crippen molar-refractivity contribution in [3.05, 3.63) is 93.0 Å². The van der Waals surface area contributed by atoms with Crippen molar-refractivity contribution in [2.45, 2.75) is 64.3 Å². The van der Waals surface area contributed by atoms with E-state index in [-0.39, 0.29) is 36.7 Å². The van der Waals surface area contributed by atoms with Crippen LogP contribution in [0, 0.1) is 23.2 Å². The van der Waals surface area contributed by atoms with Crippen LogP contribution in [0.3, 0.4) is 0 Å². The van der Waals surface area contributed by atoms with Crippen LogP contribution >= 0.6 is 11.6 Å². The van der Waals surface area contributed by atoms with Gasteiger partial charge >= 0.3 is 0 Å². The van der Waals surface area contributed by atoms with Crippen molar-refractivity contribution >= 4 is 46.8 Å². The molecule has 0 radical (unpaired) electrons. The number of piperidine rings is 3. The highest BCUT2D eigenvalue weighted by atomic mass is 35.5. The summed E-state index contributed by atoms with van der Waals surface area (Å²) < 4.78 is 6.24. The summed E-state index contributed by atoms with van der Waals surface area (Å²) >= 11 is 6.21. The molecule has 5 aliphatic heterocycles. The predicted molar refractivity (Wildman–Crippen MR) is 199 cm³/mol. The fourth-order valence-corrected chi connectivity index (χ4v) is 8.72. The third-order valence-electron chi connectivity index (χ3n) is 11.7. The molecule has 0 spiro atoms. The van der Waals surface area contributed by atoms with Crippen molar-refractivity contribution in [1.29, 1.82) is 5.26 Å². The summed E-state index contributed by atoms with van der Waals surface area (Å²) in [5, 5.41) is 11.8. The zero-order valence-corrected chi connectivity index (χ0v) is 30.8. The Morgan fingerprint density at radius 2 is 1.59 bits per heavy atom. The molecule has 5 aliphatic rings. The molecule has 3 aromatic carbocycles. The lowest BCUT2D eigenvalue weighted by Crippen LogP contribution is -2.54. The zero-order chi connectivity index (χ0) is 37.7. The van der Waals surface area contributed by atoms with Crippen LogP contribution in [0.15, 0.2) is 54.6 Å². The van der Waals surface area contributed by atoms with Gasteiger partial charge in [0.05, 0.1) is 28.3 Å². The van der Waals surface area contributed by atoms with Crippen LogP contribution in [0.1, 0.15) is 86.8 Å². The molecule has 0 bridgehead atoms. The molecule has 13 heteroatoms. The largest absolute Gasteiger partial charge is 0.488 e. The number of imide groups is 2. The molecular weight excluding hydrogens is 708 g/mol. The Kier molecular flexibility index (Phi) is 9.62. The van der Waals surface area contributed by atoms with E-state index in [9.17, 15) is 29.2 Å². The van der Waals surface area contributed by atoms with Crippen LogP contribution in [-0.2, 0) is 22.7 Å². The SMILES string of the molecule is C[C@@H]1CCN(C(=O)c2ccc(N3CCC(CN4Cc5cc6c(cc5C4)C(=O)N(C4CCC(=O)NC4=O)C6=O)CC3)cc2)C[C@H]1Oc1ccc(C#N)c(Cl)c1. The minimum atomic E-state index is -0.964. The van der Waals surface area contributed by atoms with Gasteiger partial charge in [-0.05, 0) is 97.2 Å². The van der Waals surface area contributed by atoms with E-state index in [2.05, 4.69) is 28.1 Å². The second kappa shape index (κ2) is 14.5. The minimum Gasteiger partial charge on any atom is -0.488 e. The Morgan fingerprint density at radius 3 is 2.22 bits per heavy atom. The Bertz CT molecular complexity index is 2050. The Hall–Kier alpha value is -5.25. The van der Waals surface area contributed by atoms with Crippen LogP contribution < -0.4 is 15.0 Å². The molecule has 3 atom stereocenters. The summed E-state index contributed by atoms with van der Waals surface area (Å²) in [5.41, 5.74) is 4.87. The molecule has 3 aromatic rings. The second-order valence-electron chi connectivity index (χ2n) is 15.2. The number of hydrogen-bond donors (Lipinski definition) is 1. The highest BCUT2D eigenvalue weighted by Crippen LogP contribution is 2.35. The van der Waals surface area contributed by atoms with Crippen molar-refractivity contribution in [1.82, 2.24) is 20.0 Å². The van der Waals surface area contributed by atoms with Gasteiger partial charge < -0.3 is 14.5 Å². The summed E-state index contributed by atoms with van der Waals surface area (Å²) in [6, 6.07) is 17.7. The molecular formula is C41H41ClN6O6. The van der Waals surface area contributed by atoms with Gasteiger partial charge in [0.1, 0.15) is 24.0 Å². The molecule has 278 valence electrons. The summed E-state index contributed by atoms with van der Waals surface area (Å²) in [7, 11) is 0. The maximum Gasteiger partial charge on any atom is 0.262 e. The molecule has 3 fully saturated rings. The standard InChI is InChI=1S/C41H41ClN6O6/c1-24-10-13-47(23-36(24)54-31-7-4-27(19-43)34(42)18-31)39(51)26-2-5-30(6-3-26)46-14-11-25(12-15-46)20-45-21-28-16-32-33(17-29(28)22-45)41(53)48(40(32)52)35-8-9-37(49)44-38(35)50/h2-7,16-18,24-25,35-36H,8-15,20-23H2,1H3,(H,44,49,50)/t24-,35?,36-/m1/s1. The van der Waals surface area contributed by atoms with Gasteiger partial charge in [-0.25, -0.2) is 0 Å². The van der Waals surface area contributed by atoms with Gasteiger partial charge in [0.15, 0.2) is 0 Å². The lowest BCUT2D eigenvalue weighted by atomic mass is 9.95. The van der Waals surface area contributed by atoms with Gasteiger partial charge in [-0.2, -0.15) is 5.26 Å². The van der Waals surface area contributed by atoms with Crippen LogP contribution in [-0.4, -0.2) is 89.1 Å². The van der Waals surface area contributed by atoms with E-state index in [1.807, 2.05) is 41.3 Å². The predicted octanol–water partition coefficient (Wildman–Crippen LogP) is 4.77. The van der Waals surface area contributed by atoms with Gasteiger partial charge in [0.25, 0.3) is 17.7 Å². The van der Waals surface area contributed by atoms with E-state index in [4.69, 9.17) is 16.3 Å². The van der Waals surface area contributed by atoms with Crippen molar-refractivity contribution in [2.24, 2.45) is 11.8 Å². The topological polar surface area (TPSA) is 143 Å². The van der Waals surface area contributed by atoms with Crippen molar-refractivity contribution in [3.63, 3.8) is 0 Å². The Balaban J connectivity index is 0.824. The number of carbonyl (C=O) groups excluding carboxylic acids is 5. The number of anilines is 1. The number of fused-ring (bicyclic) bond motifs is 2. The second-order valence-corrected chi connectivity index (χ2v) is 15.6. The van der Waals surface area contributed by atoms with Crippen molar-refractivity contribution in [3.8, 4) is 11.8 Å². The van der Waals surface area contributed by atoms with Crippen LogP contribution in [0.5, 0.6) is 5.75 Å². The fourth-order valence-electron chi connectivity index (χ4n) is 8.51. The first-order chi connectivity index (χ1) is 26.1. The summed E-state index contributed by atoms with van der Waals surface area (Å²) in [4.78, 5) is 71.8. The average Bonchev–Trinajstić information content (AvgIpc) is 3.67. The van der Waals surface area contributed by atoms with Gasteiger partial charge in [0, 0.05) is 63.0 Å².